The first-order chi connectivity index (χ1) is 19.9. The van der Waals surface area contributed by atoms with Crippen LogP contribution in [0.15, 0.2) is 36.4 Å². The number of hydrogen-bond acceptors (Lipinski definition) is 3. The Balaban J connectivity index is 0.929. The minimum Gasteiger partial charge on any atom is -0.311 e. The van der Waals surface area contributed by atoms with Gasteiger partial charge in [-0.1, -0.05) is 65.2 Å². The van der Waals surface area contributed by atoms with E-state index in [1.807, 2.05) is 12.1 Å². The van der Waals surface area contributed by atoms with Crippen LogP contribution < -0.4 is 5.32 Å². The fraction of sp³-hybridized carbons (Fsp3) is 0.676. The van der Waals surface area contributed by atoms with Gasteiger partial charge in [-0.05, 0) is 124 Å². The quantitative estimate of drug-likeness (QED) is 0.155. The van der Waals surface area contributed by atoms with Gasteiger partial charge < -0.3 is 5.32 Å². The number of nitrogens with zero attached hydrogens (tertiary/aromatic N) is 1. The van der Waals surface area contributed by atoms with Gasteiger partial charge in [-0.15, -0.1) is 0 Å². The summed E-state index contributed by atoms with van der Waals surface area (Å²) < 4.78 is 13.4. The largest absolute Gasteiger partial charge is 0.311 e. The van der Waals surface area contributed by atoms with Crippen molar-refractivity contribution in [1.29, 1.82) is 0 Å². The van der Waals surface area contributed by atoms with Crippen molar-refractivity contribution in [2.24, 2.45) is 17.8 Å². The predicted molar refractivity (Wildman–Crippen MR) is 167 cm³/mol. The highest BCUT2D eigenvalue weighted by molar-refractivity contribution is 6.09. The highest BCUT2D eigenvalue weighted by Gasteiger charge is 2.50. The molecule has 1 aromatic carbocycles. The van der Waals surface area contributed by atoms with E-state index >= 15 is 0 Å². The number of hydrogen-bond donors (Lipinski definition) is 1. The maximum atomic E-state index is 13.4. The summed E-state index contributed by atoms with van der Waals surface area (Å²) in [6.07, 6.45) is 22.8. The van der Waals surface area contributed by atoms with Crippen molar-refractivity contribution in [2.45, 2.75) is 134 Å². The molecule has 0 amide bonds. The van der Waals surface area contributed by atoms with Crippen LogP contribution >= 0.6 is 0 Å². The molecule has 0 atom stereocenters. The first kappa shape index (κ1) is 30.4. The SMILES string of the molecule is CC(C)c1ccc(C(=O)c2ccc(F)cc2)c(CCCCCCCCCCCCNC23CC4CC(CC(C4)C2)C3)n1. The van der Waals surface area contributed by atoms with E-state index in [2.05, 4.69) is 19.2 Å². The number of carbonyl (C=O) groups excluding carboxylic acids is 1. The molecule has 0 spiro atoms. The van der Waals surface area contributed by atoms with Gasteiger partial charge in [0.1, 0.15) is 5.82 Å². The summed E-state index contributed by atoms with van der Waals surface area (Å²) in [5, 5.41) is 4.06. The molecule has 3 nitrogen and oxygen atoms in total. The molecule has 6 rings (SSSR count). The lowest BCUT2D eigenvalue weighted by atomic mass is 9.53. The van der Waals surface area contributed by atoms with Crippen molar-refractivity contribution < 1.29 is 9.18 Å². The molecule has 224 valence electrons. The second-order valence-corrected chi connectivity index (χ2v) is 14.1. The van der Waals surface area contributed by atoms with Gasteiger partial charge >= 0.3 is 0 Å². The number of benzene rings is 1. The molecule has 4 bridgehead atoms. The molecular weight excluding hydrogens is 507 g/mol. The van der Waals surface area contributed by atoms with E-state index in [4.69, 9.17) is 4.98 Å². The second-order valence-electron chi connectivity index (χ2n) is 14.1. The van der Waals surface area contributed by atoms with E-state index in [1.165, 1.54) is 115 Å². The lowest BCUT2D eigenvalue weighted by molar-refractivity contribution is -0.0196. The number of unbranched alkanes of at least 4 members (excludes halogenated alkanes) is 9. The van der Waals surface area contributed by atoms with E-state index in [9.17, 15) is 9.18 Å². The first-order valence-corrected chi connectivity index (χ1v) is 17.0. The monoisotopic (exact) mass is 560 g/mol. The summed E-state index contributed by atoms with van der Waals surface area (Å²) in [4.78, 5) is 18.0. The molecule has 4 aliphatic rings. The molecule has 0 saturated heterocycles. The molecule has 1 aromatic heterocycles. The molecule has 4 aliphatic carbocycles. The number of aryl methyl sites for hydroxylation is 1. The van der Waals surface area contributed by atoms with Crippen molar-refractivity contribution in [2.75, 3.05) is 6.54 Å². The van der Waals surface area contributed by atoms with Gasteiger partial charge in [0.15, 0.2) is 5.78 Å². The summed E-state index contributed by atoms with van der Waals surface area (Å²) in [5.74, 6) is 3.05. The number of pyridine rings is 1. The molecule has 4 fully saturated rings. The summed E-state index contributed by atoms with van der Waals surface area (Å²) in [6, 6.07) is 9.72. The van der Waals surface area contributed by atoms with E-state index in [0.717, 1.165) is 42.0 Å². The van der Waals surface area contributed by atoms with Gasteiger partial charge in [-0.2, -0.15) is 0 Å². The zero-order valence-corrected chi connectivity index (χ0v) is 25.7. The van der Waals surface area contributed by atoms with E-state index in [-0.39, 0.29) is 11.6 Å². The molecule has 4 saturated carbocycles. The number of ketones is 1. The fourth-order valence-corrected chi connectivity index (χ4v) is 8.51. The molecule has 0 aliphatic heterocycles. The lowest BCUT2D eigenvalue weighted by Gasteiger charge is -2.57. The minimum atomic E-state index is -0.324. The highest BCUT2D eigenvalue weighted by Crippen LogP contribution is 2.55. The van der Waals surface area contributed by atoms with Gasteiger partial charge in [-0.25, -0.2) is 4.39 Å². The van der Waals surface area contributed by atoms with Crippen molar-refractivity contribution >= 4 is 5.78 Å². The summed E-state index contributed by atoms with van der Waals surface area (Å²) >= 11 is 0. The normalized spacial score (nSPS) is 24.8. The Morgan fingerprint density at radius 1 is 0.805 bits per heavy atom. The maximum absolute atomic E-state index is 13.4. The van der Waals surface area contributed by atoms with Gasteiger partial charge in [0.25, 0.3) is 0 Å². The third-order valence-electron chi connectivity index (χ3n) is 10.3. The third kappa shape index (κ3) is 8.27. The van der Waals surface area contributed by atoms with E-state index in [0.29, 0.717) is 22.6 Å². The fourth-order valence-electron chi connectivity index (χ4n) is 8.51. The zero-order valence-electron chi connectivity index (χ0n) is 25.7. The van der Waals surface area contributed by atoms with Crippen molar-refractivity contribution in [3.8, 4) is 0 Å². The maximum Gasteiger partial charge on any atom is 0.194 e. The van der Waals surface area contributed by atoms with Crippen LogP contribution in [0.4, 0.5) is 4.39 Å². The Kier molecular flexibility index (Phi) is 10.7. The van der Waals surface area contributed by atoms with Crippen molar-refractivity contribution in [3.63, 3.8) is 0 Å². The Labute approximate surface area is 248 Å². The molecule has 1 heterocycles. The van der Waals surface area contributed by atoms with Crippen LogP contribution in [0, 0.1) is 23.6 Å². The van der Waals surface area contributed by atoms with Crippen molar-refractivity contribution in [3.05, 3.63) is 64.7 Å². The average Bonchev–Trinajstić information content (AvgIpc) is 2.94. The topological polar surface area (TPSA) is 42.0 Å². The van der Waals surface area contributed by atoms with Crippen LogP contribution in [-0.4, -0.2) is 22.9 Å². The van der Waals surface area contributed by atoms with Crippen LogP contribution in [0.5, 0.6) is 0 Å². The number of carbonyl (C=O) groups is 1. The molecule has 0 unspecified atom stereocenters. The molecular formula is C37H53FN2O. The predicted octanol–water partition coefficient (Wildman–Crippen LogP) is 9.58. The molecule has 41 heavy (non-hydrogen) atoms. The van der Waals surface area contributed by atoms with Crippen LogP contribution in [0.2, 0.25) is 0 Å². The van der Waals surface area contributed by atoms with Gasteiger partial charge in [0.2, 0.25) is 0 Å². The third-order valence-corrected chi connectivity index (χ3v) is 10.3. The van der Waals surface area contributed by atoms with Gasteiger partial charge in [0, 0.05) is 22.4 Å². The average molecular weight is 561 g/mol. The Morgan fingerprint density at radius 3 is 1.90 bits per heavy atom. The highest BCUT2D eigenvalue weighted by atomic mass is 19.1. The summed E-state index contributed by atoms with van der Waals surface area (Å²) in [6.45, 7) is 5.50. The molecule has 1 N–H and O–H groups in total. The van der Waals surface area contributed by atoms with Crippen molar-refractivity contribution in [1.82, 2.24) is 10.3 Å². The van der Waals surface area contributed by atoms with Crippen LogP contribution in [0.1, 0.15) is 150 Å². The zero-order chi connectivity index (χ0) is 28.7. The Bertz CT molecular complexity index is 1090. The number of aromatic nitrogens is 1. The molecule has 2 aromatic rings. The summed E-state index contributed by atoms with van der Waals surface area (Å²) in [5.41, 5.74) is 3.63. The number of halogens is 1. The Hall–Kier alpha value is -2.07. The summed E-state index contributed by atoms with van der Waals surface area (Å²) in [7, 11) is 0. The number of nitrogens with one attached hydrogen (secondary N) is 1. The van der Waals surface area contributed by atoms with E-state index < -0.39 is 0 Å². The van der Waals surface area contributed by atoms with Crippen LogP contribution in [0.3, 0.4) is 0 Å². The lowest BCUT2D eigenvalue weighted by Crippen LogP contribution is -2.58. The van der Waals surface area contributed by atoms with Gasteiger partial charge in [-0.3, -0.25) is 9.78 Å². The smallest absolute Gasteiger partial charge is 0.194 e. The minimum absolute atomic E-state index is 0.0636. The van der Waals surface area contributed by atoms with Gasteiger partial charge in [0.05, 0.1) is 5.69 Å². The number of rotatable bonds is 17. The first-order valence-electron chi connectivity index (χ1n) is 17.0. The molecule has 0 radical (unpaired) electrons. The molecule has 4 heteroatoms. The second kappa shape index (κ2) is 14.4. The Morgan fingerprint density at radius 2 is 1.34 bits per heavy atom. The van der Waals surface area contributed by atoms with E-state index in [1.54, 1.807) is 12.1 Å². The van der Waals surface area contributed by atoms with Crippen LogP contribution in [-0.2, 0) is 6.42 Å². The van der Waals surface area contributed by atoms with Crippen LogP contribution in [0.25, 0.3) is 0 Å². The standard InChI is InChI=1S/C37H53FN2O/c1-27(2)34-19-18-33(36(41)31-14-16-32(38)17-15-31)35(40-34)13-11-9-7-5-3-4-6-8-10-12-20-39-37-24-28-21-29(25-37)23-30(22-28)26-37/h14-19,27-30,39H,3-13,20-26H2,1-2H3.